The Morgan fingerprint density at radius 1 is 0.872 bits per heavy atom. The Labute approximate surface area is 275 Å². The quantitative estimate of drug-likeness (QED) is 0.297. The van der Waals surface area contributed by atoms with Crippen LogP contribution in [0.2, 0.25) is 0 Å². The minimum Gasteiger partial charge on any atom is -0.445 e. The maximum Gasteiger partial charge on any atom is 0.408 e. The van der Waals surface area contributed by atoms with E-state index in [2.05, 4.69) is 17.1 Å². The van der Waals surface area contributed by atoms with Crippen LogP contribution in [0.1, 0.15) is 72.8 Å². The van der Waals surface area contributed by atoms with Crippen LogP contribution in [0.5, 0.6) is 0 Å². The zero-order valence-electron chi connectivity index (χ0n) is 26.8. The molecule has 10 nitrogen and oxygen atoms in total. The molecule has 3 amide bonds. The maximum atomic E-state index is 13.1. The van der Waals surface area contributed by atoms with Crippen molar-refractivity contribution in [3.05, 3.63) is 107 Å². The molecule has 3 heterocycles. The molecule has 3 fully saturated rings. The van der Waals surface area contributed by atoms with Crippen molar-refractivity contribution >= 4 is 17.9 Å². The number of alkyl carbamates (subject to hydrolysis) is 1. The van der Waals surface area contributed by atoms with E-state index in [1.807, 2.05) is 78.9 Å². The lowest BCUT2D eigenvalue weighted by Crippen LogP contribution is -2.45. The van der Waals surface area contributed by atoms with E-state index in [4.69, 9.17) is 14.2 Å². The molecule has 2 N–H and O–H groups in total. The third kappa shape index (κ3) is 8.08. The van der Waals surface area contributed by atoms with Crippen LogP contribution in [0.3, 0.4) is 0 Å². The molecule has 0 radical (unpaired) electrons. The molecule has 3 aromatic rings. The first-order chi connectivity index (χ1) is 22.9. The summed E-state index contributed by atoms with van der Waals surface area (Å²) in [6.07, 6.45) is 1.98. The summed E-state index contributed by atoms with van der Waals surface area (Å²) in [5.74, 6) is -0.702. The number of carbonyl (C=O) groups is 3. The molecule has 0 aliphatic carbocycles. The maximum absolute atomic E-state index is 13.1. The highest BCUT2D eigenvalue weighted by Crippen LogP contribution is 2.42. The van der Waals surface area contributed by atoms with Crippen molar-refractivity contribution in [2.24, 2.45) is 5.92 Å². The van der Waals surface area contributed by atoms with Crippen LogP contribution in [0.4, 0.5) is 4.79 Å². The normalized spacial score (nSPS) is 25.1. The highest BCUT2D eigenvalue weighted by molar-refractivity contribution is 6.06. The molecule has 0 spiro atoms. The largest absolute Gasteiger partial charge is 0.445 e. The van der Waals surface area contributed by atoms with E-state index in [1.54, 1.807) is 0 Å². The van der Waals surface area contributed by atoms with E-state index < -0.39 is 24.3 Å². The van der Waals surface area contributed by atoms with Gasteiger partial charge in [0.25, 0.3) is 5.91 Å². The Balaban J connectivity index is 1.10. The minimum atomic E-state index is -0.962. The smallest absolute Gasteiger partial charge is 0.408 e. The number of nitrogens with zero attached hydrogens (tertiary/aromatic N) is 2. The van der Waals surface area contributed by atoms with Gasteiger partial charge in [-0.15, -0.1) is 0 Å². The number of likely N-dealkylation sites (tertiary alicyclic amines) is 2. The van der Waals surface area contributed by atoms with E-state index in [1.165, 1.54) is 24.2 Å². The number of piperidine rings is 1. The van der Waals surface area contributed by atoms with Gasteiger partial charge in [0.1, 0.15) is 12.6 Å². The molecule has 3 aliphatic rings. The second-order valence-electron chi connectivity index (χ2n) is 12.7. The highest BCUT2D eigenvalue weighted by atomic mass is 16.7. The molecule has 10 heteroatoms. The average molecular weight is 642 g/mol. The Kier molecular flexibility index (Phi) is 10.6. The minimum absolute atomic E-state index is 0.00981. The molecular formula is C37H43N3O7. The molecule has 0 bridgehead atoms. The van der Waals surface area contributed by atoms with Gasteiger partial charge in [0, 0.05) is 18.0 Å². The zero-order chi connectivity index (χ0) is 32.8. The number of aliphatic hydroxyl groups is 1. The van der Waals surface area contributed by atoms with Gasteiger partial charge in [-0.3, -0.25) is 14.5 Å². The molecular weight excluding hydrogens is 598 g/mol. The van der Waals surface area contributed by atoms with Crippen LogP contribution in [0, 0.1) is 5.92 Å². The van der Waals surface area contributed by atoms with Crippen molar-refractivity contribution in [3.63, 3.8) is 0 Å². The van der Waals surface area contributed by atoms with Gasteiger partial charge >= 0.3 is 6.09 Å². The summed E-state index contributed by atoms with van der Waals surface area (Å²) in [6.45, 7) is 5.30. The Bertz CT molecular complexity index is 1510. The summed E-state index contributed by atoms with van der Waals surface area (Å²) in [5, 5.41) is 12.1. The van der Waals surface area contributed by atoms with Crippen molar-refractivity contribution in [2.75, 3.05) is 19.6 Å². The van der Waals surface area contributed by atoms with E-state index in [-0.39, 0.29) is 50.2 Å². The van der Waals surface area contributed by atoms with Gasteiger partial charge in [-0.25, -0.2) is 4.79 Å². The lowest BCUT2D eigenvalue weighted by Gasteiger charge is -2.43. The fraction of sp³-hybridized carbons (Fsp3) is 0.432. The monoisotopic (exact) mass is 641 g/mol. The number of amides is 3. The third-order valence-corrected chi connectivity index (χ3v) is 9.35. The fourth-order valence-electron chi connectivity index (χ4n) is 6.56. The van der Waals surface area contributed by atoms with Gasteiger partial charge in [-0.1, -0.05) is 92.2 Å². The SMILES string of the molecule is CC1C(CN2CCCCC2)OC(c2ccc(CN3C(=O)CC(NC(=O)OCc4ccccc4)C3=O)cc2)OC1c1ccc(CO)cc1. The number of nitrogens with one attached hydrogen (secondary N) is 1. The fourth-order valence-corrected chi connectivity index (χ4v) is 6.56. The Morgan fingerprint density at radius 3 is 2.26 bits per heavy atom. The van der Waals surface area contributed by atoms with E-state index in [9.17, 15) is 19.5 Å². The summed E-state index contributed by atoms with van der Waals surface area (Å²) in [5.41, 5.74) is 4.34. The molecule has 0 saturated carbocycles. The van der Waals surface area contributed by atoms with Crippen molar-refractivity contribution < 1.29 is 33.7 Å². The molecule has 5 unspecified atom stereocenters. The topological polar surface area (TPSA) is 118 Å². The average Bonchev–Trinajstić information content (AvgIpc) is 3.36. The summed E-state index contributed by atoms with van der Waals surface area (Å²) in [6, 6.07) is 23.8. The first kappa shape index (κ1) is 32.8. The molecule has 3 aliphatic heterocycles. The van der Waals surface area contributed by atoms with Crippen LogP contribution in [0.25, 0.3) is 0 Å². The van der Waals surface area contributed by atoms with Crippen molar-refractivity contribution in [1.82, 2.24) is 15.1 Å². The third-order valence-electron chi connectivity index (χ3n) is 9.35. The summed E-state index contributed by atoms with van der Waals surface area (Å²) >= 11 is 0. The predicted octanol–water partition coefficient (Wildman–Crippen LogP) is 5.01. The van der Waals surface area contributed by atoms with Gasteiger partial charge < -0.3 is 29.5 Å². The molecule has 0 aromatic heterocycles. The number of carbonyl (C=O) groups excluding carboxylic acids is 3. The predicted molar refractivity (Wildman–Crippen MR) is 173 cm³/mol. The van der Waals surface area contributed by atoms with Crippen LogP contribution >= 0.6 is 0 Å². The van der Waals surface area contributed by atoms with E-state index >= 15 is 0 Å². The molecule has 47 heavy (non-hydrogen) atoms. The molecule has 6 rings (SSSR count). The van der Waals surface area contributed by atoms with Crippen molar-refractivity contribution in [3.8, 4) is 0 Å². The van der Waals surface area contributed by atoms with Gasteiger partial charge in [-0.2, -0.15) is 0 Å². The van der Waals surface area contributed by atoms with Crippen LogP contribution in [-0.2, 0) is 43.6 Å². The molecule has 248 valence electrons. The number of benzene rings is 3. The lowest BCUT2D eigenvalue weighted by atomic mass is 9.89. The number of hydrogen-bond acceptors (Lipinski definition) is 8. The first-order valence-corrected chi connectivity index (χ1v) is 16.5. The Morgan fingerprint density at radius 2 is 1.55 bits per heavy atom. The second-order valence-corrected chi connectivity index (χ2v) is 12.7. The Hall–Kier alpha value is -4.09. The van der Waals surface area contributed by atoms with Crippen LogP contribution < -0.4 is 5.32 Å². The molecule has 3 saturated heterocycles. The van der Waals surface area contributed by atoms with Crippen molar-refractivity contribution in [2.45, 2.75) is 76.9 Å². The standard InChI is InChI=1S/C37H43N3O7/c1-25-32(22-39-18-6-3-7-19-39)46-36(47-34(25)29-14-12-27(23-41)13-15-29)30-16-10-26(11-17-30)21-40-33(42)20-31(35(40)43)38-37(44)45-24-28-8-4-2-5-9-28/h2,4-5,8-17,25,31-32,34,36,41H,3,6-7,18-24H2,1H3,(H,38,44). The van der Waals surface area contributed by atoms with Crippen LogP contribution in [-0.4, -0.2) is 64.6 Å². The van der Waals surface area contributed by atoms with E-state index in [0.29, 0.717) is 0 Å². The summed E-state index contributed by atoms with van der Waals surface area (Å²) < 4.78 is 18.4. The number of rotatable bonds is 10. The molecule has 3 aromatic carbocycles. The van der Waals surface area contributed by atoms with Gasteiger partial charge in [-0.05, 0) is 48.2 Å². The van der Waals surface area contributed by atoms with Crippen molar-refractivity contribution in [1.29, 1.82) is 0 Å². The van der Waals surface area contributed by atoms with Gasteiger partial charge in [0.15, 0.2) is 6.29 Å². The summed E-state index contributed by atoms with van der Waals surface area (Å²) in [4.78, 5) is 41.8. The highest BCUT2D eigenvalue weighted by Gasteiger charge is 2.41. The summed E-state index contributed by atoms with van der Waals surface area (Å²) in [7, 11) is 0. The zero-order valence-corrected chi connectivity index (χ0v) is 26.8. The lowest BCUT2D eigenvalue weighted by molar-refractivity contribution is -0.276. The van der Waals surface area contributed by atoms with Gasteiger partial charge in [0.2, 0.25) is 5.91 Å². The van der Waals surface area contributed by atoms with Gasteiger partial charge in [0.05, 0.1) is 31.8 Å². The molecule has 5 atom stereocenters. The number of aliphatic hydroxyl groups excluding tert-OH is 1. The number of ether oxygens (including phenoxy) is 3. The van der Waals surface area contributed by atoms with Crippen LogP contribution in [0.15, 0.2) is 78.9 Å². The number of imide groups is 1. The van der Waals surface area contributed by atoms with E-state index in [0.717, 1.165) is 47.5 Å². The second kappa shape index (κ2) is 15.2. The number of hydrogen-bond donors (Lipinski definition) is 2. The first-order valence-electron chi connectivity index (χ1n) is 16.5.